The smallest absolute Gasteiger partial charge is 0.307 e. The summed E-state index contributed by atoms with van der Waals surface area (Å²) in [6.45, 7) is 4.47. The number of carbonyl (C=O) groups excluding carboxylic acids is 1. The third-order valence-corrected chi connectivity index (χ3v) is 7.72. The number of rotatable bonds is 8. The highest BCUT2D eigenvalue weighted by Crippen LogP contribution is 2.44. The van der Waals surface area contributed by atoms with Gasteiger partial charge < -0.3 is 9.84 Å². The van der Waals surface area contributed by atoms with E-state index in [2.05, 4.69) is 55.2 Å². The number of thiazole rings is 1. The van der Waals surface area contributed by atoms with Crippen LogP contribution in [0.4, 0.5) is 0 Å². The van der Waals surface area contributed by atoms with E-state index in [0.29, 0.717) is 5.92 Å². The van der Waals surface area contributed by atoms with Crippen LogP contribution in [0.2, 0.25) is 0 Å². The minimum Gasteiger partial charge on any atom is -0.481 e. The molecule has 0 radical (unpaired) electrons. The summed E-state index contributed by atoms with van der Waals surface area (Å²) in [5.41, 5.74) is 6.66. The number of carboxylic acid groups (broad SMARTS) is 1. The monoisotopic (exact) mass is 485 g/mol. The Labute approximate surface area is 208 Å². The first kappa shape index (κ1) is 23.2. The van der Waals surface area contributed by atoms with Gasteiger partial charge in [0.15, 0.2) is 0 Å². The molecule has 0 aliphatic heterocycles. The zero-order chi connectivity index (χ0) is 24.5. The maximum atomic E-state index is 12.7. The van der Waals surface area contributed by atoms with Crippen molar-refractivity contribution in [1.29, 1.82) is 0 Å². The largest absolute Gasteiger partial charge is 0.481 e. The minimum absolute atomic E-state index is 0.0472. The van der Waals surface area contributed by atoms with Crippen molar-refractivity contribution in [3.8, 4) is 11.1 Å². The first-order valence-electron chi connectivity index (χ1n) is 11.9. The number of nitrogens with zero attached hydrogens (tertiary/aromatic N) is 1. The molecule has 6 heteroatoms. The van der Waals surface area contributed by atoms with Gasteiger partial charge in [0.1, 0.15) is 6.61 Å². The van der Waals surface area contributed by atoms with E-state index in [4.69, 9.17) is 4.74 Å². The van der Waals surface area contributed by atoms with Crippen LogP contribution in [0.25, 0.3) is 21.3 Å². The van der Waals surface area contributed by atoms with Gasteiger partial charge in [0.05, 0.1) is 27.6 Å². The number of esters is 1. The molecular weight excluding hydrogens is 458 g/mol. The average molecular weight is 486 g/mol. The molecular formula is C29H27NO4S. The van der Waals surface area contributed by atoms with E-state index < -0.39 is 17.9 Å². The molecule has 5 rings (SSSR count). The molecule has 0 bridgehead atoms. The quantitative estimate of drug-likeness (QED) is 0.292. The summed E-state index contributed by atoms with van der Waals surface area (Å²) >= 11 is 1.49. The van der Waals surface area contributed by atoms with E-state index >= 15 is 0 Å². The number of aromatic nitrogens is 1. The highest BCUT2D eigenvalue weighted by atomic mass is 32.1. The number of benzene rings is 3. The molecule has 0 saturated heterocycles. The summed E-state index contributed by atoms with van der Waals surface area (Å²) in [6.07, 6.45) is 0.0222. The molecule has 0 saturated carbocycles. The van der Waals surface area contributed by atoms with Crippen molar-refractivity contribution >= 4 is 33.5 Å². The van der Waals surface area contributed by atoms with Crippen molar-refractivity contribution in [2.75, 3.05) is 6.61 Å². The zero-order valence-electron chi connectivity index (χ0n) is 19.7. The number of carboxylic acids is 1. The van der Waals surface area contributed by atoms with Crippen LogP contribution in [-0.4, -0.2) is 28.6 Å². The molecule has 5 nitrogen and oxygen atoms in total. The average Bonchev–Trinajstić information content (AvgIpc) is 3.40. The minimum atomic E-state index is -1.01. The SMILES string of the molecule is CC(C)c1ccc2nc(C[C@H](CC(=O)OCC3c4ccccc4-c4ccccc43)C(=O)O)sc2c1. The van der Waals surface area contributed by atoms with Crippen molar-refractivity contribution in [1.82, 2.24) is 4.98 Å². The standard InChI is InChI=1S/C29H27NO4S/c1-17(2)18-11-12-25-26(13-18)35-27(30-25)14-19(29(32)33)15-28(31)34-16-24-22-9-5-3-7-20(22)21-8-4-6-10-23(21)24/h3-13,17,19,24H,14-16H2,1-2H3,(H,32,33)/t19-/m1/s1. The van der Waals surface area contributed by atoms with Crippen LogP contribution in [0.3, 0.4) is 0 Å². The van der Waals surface area contributed by atoms with Crippen LogP contribution < -0.4 is 0 Å². The molecule has 1 aliphatic carbocycles. The Balaban J connectivity index is 1.26. The molecule has 1 heterocycles. The van der Waals surface area contributed by atoms with Crippen LogP contribution in [0.5, 0.6) is 0 Å². The number of hydrogen-bond acceptors (Lipinski definition) is 5. The Morgan fingerprint density at radius 3 is 2.29 bits per heavy atom. The first-order chi connectivity index (χ1) is 16.9. The van der Waals surface area contributed by atoms with E-state index in [-0.39, 0.29) is 25.4 Å². The lowest BCUT2D eigenvalue weighted by molar-refractivity contribution is -0.151. The Morgan fingerprint density at radius 1 is 1.00 bits per heavy atom. The van der Waals surface area contributed by atoms with Gasteiger partial charge in [0.25, 0.3) is 0 Å². The van der Waals surface area contributed by atoms with Gasteiger partial charge in [-0.15, -0.1) is 11.3 Å². The lowest BCUT2D eigenvalue weighted by Crippen LogP contribution is -2.22. The molecule has 178 valence electrons. The molecule has 1 N–H and O–H groups in total. The number of aliphatic carboxylic acids is 1. The molecule has 4 aromatic rings. The Morgan fingerprint density at radius 2 is 1.66 bits per heavy atom. The van der Waals surface area contributed by atoms with Gasteiger partial charge in [-0.1, -0.05) is 68.4 Å². The Hall–Kier alpha value is -3.51. The fourth-order valence-electron chi connectivity index (χ4n) is 4.77. The van der Waals surface area contributed by atoms with Crippen LogP contribution in [0, 0.1) is 5.92 Å². The van der Waals surface area contributed by atoms with Crippen molar-refractivity contribution < 1.29 is 19.4 Å². The lowest BCUT2D eigenvalue weighted by atomic mass is 9.98. The first-order valence-corrected chi connectivity index (χ1v) is 12.7. The number of fused-ring (bicyclic) bond motifs is 4. The summed E-state index contributed by atoms with van der Waals surface area (Å²) in [6, 6.07) is 22.4. The molecule has 0 unspecified atom stereocenters. The fourth-order valence-corrected chi connectivity index (χ4v) is 5.86. The highest BCUT2D eigenvalue weighted by Gasteiger charge is 2.30. The number of ether oxygens (including phenoxy) is 1. The van der Waals surface area contributed by atoms with E-state index in [9.17, 15) is 14.7 Å². The second-order valence-electron chi connectivity index (χ2n) is 9.34. The van der Waals surface area contributed by atoms with E-state index in [1.807, 2.05) is 30.3 Å². The van der Waals surface area contributed by atoms with Crippen molar-refractivity contribution in [3.05, 3.63) is 88.4 Å². The van der Waals surface area contributed by atoms with Gasteiger partial charge in [-0.05, 0) is 45.9 Å². The molecule has 1 atom stereocenters. The topological polar surface area (TPSA) is 76.5 Å². The normalized spacial score (nSPS) is 13.6. The summed E-state index contributed by atoms with van der Waals surface area (Å²) < 4.78 is 6.68. The predicted octanol–water partition coefficient (Wildman–Crippen LogP) is 6.41. The van der Waals surface area contributed by atoms with Crippen LogP contribution in [0.1, 0.15) is 53.8 Å². The van der Waals surface area contributed by atoms with Gasteiger partial charge in [-0.3, -0.25) is 9.59 Å². The third kappa shape index (κ3) is 4.71. The maximum Gasteiger partial charge on any atom is 0.307 e. The van der Waals surface area contributed by atoms with Gasteiger partial charge >= 0.3 is 11.9 Å². The van der Waals surface area contributed by atoms with Crippen molar-refractivity contribution in [2.24, 2.45) is 5.92 Å². The Bertz CT molecular complexity index is 1360. The maximum absolute atomic E-state index is 12.7. The van der Waals surface area contributed by atoms with Crippen LogP contribution in [-0.2, 0) is 20.7 Å². The molecule has 0 amide bonds. The number of carbonyl (C=O) groups is 2. The van der Waals surface area contributed by atoms with Crippen molar-refractivity contribution in [2.45, 2.75) is 38.5 Å². The third-order valence-electron chi connectivity index (χ3n) is 6.68. The lowest BCUT2D eigenvalue weighted by Gasteiger charge is -2.15. The molecule has 0 spiro atoms. The summed E-state index contributed by atoms with van der Waals surface area (Å²) in [7, 11) is 0. The van der Waals surface area contributed by atoms with E-state index in [1.54, 1.807) is 0 Å². The molecule has 1 aromatic heterocycles. The summed E-state index contributed by atoms with van der Waals surface area (Å²) in [5, 5.41) is 10.5. The predicted molar refractivity (Wildman–Crippen MR) is 138 cm³/mol. The molecule has 1 aliphatic rings. The summed E-state index contributed by atoms with van der Waals surface area (Å²) in [5.74, 6) is -2.03. The molecule has 0 fully saturated rings. The van der Waals surface area contributed by atoms with Gasteiger partial charge in [0, 0.05) is 12.3 Å². The van der Waals surface area contributed by atoms with Crippen LogP contribution in [0.15, 0.2) is 66.7 Å². The molecule has 35 heavy (non-hydrogen) atoms. The Kier molecular flexibility index (Phi) is 6.39. The zero-order valence-corrected chi connectivity index (χ0v) is 20.5. The van der Waals surface area contributed by atoms with Crippen LogP contribution >= 0.6 is 11.3 Å². The highest BCUT2D eigenvalue weighted by molar-refractivity contribution is 7.18. The summed E-state index contributed by atoms with van der Waals surface area (Å²) in [4.78, 5) is 29.3. The molecule has 3 aromatic carbocycles. The number of hydrogen-bond donors (Lipinski definition) is 1. The second-order valence-corrected chi connectivity index (χ2v) is 10.5. The second kappa shape index (κ2) is 9.62. The fraction of sp³-hybridized carbons (Fsp3) is 0.276. The van der Waals surface area contributed by atoms with E-state index in [0.717, 1.165) is 37.5 Å². The van der Waals surface area contributed by atoms with Gasteiger partial charge in [-0.25, -0.2) is 4.98 Å². The van der Waals surface area contributed by atoms with Gasteiger partial charge in [0.2, 0.25) is 0 Å². The van der Waals surface area contributed by atoms with Gasteiger partial charge in [-0.2, -0.15) is 0 Å². The van der Waals surface area contributed by atoms with Crippen molar-refractivity contribution in [3.63, 3.8) is 0 Å². The van der Waals surface area contributed by atoms with E-state index in [1.165, 1.54) is 16.9 Å².